The van der Waals surface area contributed by atoms with Gasteiger partial charge in [-0.15, -0.1) is 0 Å². The van der Waals surface area contributed by atoms with Crippen LogP contribution in [0.4, 0.5) is 4.39 Å². The molecule has 1 atom stereocenters. The first-order valence-corrected chi connectivity index (χ1v) is 4.78. The largest absolute Gasteiger partial charge is 0.496 e. The van der Waals surface area contributed by atoms with Crippen LogP contribution in [-0.4, -0.2) is 7.11 Å². The Balaban J connectivity index is 2.95. The molecule has 78 valence electrons. The molecule has 0 aliphatic heterocycles. The third-order valence-electron chi connectivity index (χ3n) is 2.19. The predicted molar refractivity (Wildman–Crippen MR) is 54.8 cm³/mol. The molecule has 0 amide bonds. The van der Waals surface area contributed by atoms with Gasteiger partial charge in [0.1, 0.15) is 11.6 Å². The molecule has 0 aliphatic carbocycles. The van der Waals surface area contributed by atoms with Gasteiger partial charge in [-0.1, -0.05) is 19.4 Å². The van der Waals surface area contributed by atoms with Crippen molar-refractivity contribution in [1.82, 2.24) is 0 Å². The van der Waals surface area contributed by atoms with Gasteiger partial charge in [0.2, 0.25) is 0 Å². The Hall–Kier alpha value is -1.09. The van der Waals surface area contributed by atoms with Crippen molar-refractivity contribution in [2.24, 2.45) is 5.73 Å². The van der Waals surface area contributed by atoms with Crippen molar-refractivity contribution in [3.05, 3.63) is 29.6 Å². The van der Waals surface area contributed by atoms with Crippen LogP contribution < -0.4 is 10.5 Å². The predicted octanol–water partition coefficient (Wildman–Crippen LogP) is 2.63. The molecule has 1 aromatic rings. The Bertz CT molecular complexity index is 301. The molecule has 2 nitrogen and oxygen atoms in total. The Morgan fingerprint density at radius 3 is 2.79 bits per heavy atom. The lowest BCUT2D eigenvalue weighted by molar-refractivity contribution is 0.400. The van der Waals surface area contributed by atoms with Gasteiger partial charge < -0.3 is 10.5 Å². The van der Waals surface area contributed by atoms with E-state index in [1.807, 2.05) is 0 Å². The highest BCUT2D eigenvalue weighted by Crippen LogP contribution is 2.26. The van der Waals surface area contributed by atoms with Gasteiger partial charge in [-0.3, -0.25) is 0 Å². The van der Waals surface area contributed by atoms with E-state index < -0.39 is 0 Å². The third kappa shape index (κ3) is 2.45. The summed E-state index contributed by atoms with van der Waals surface area (Å²) in [7, 11) is 1.52. The Labute approximate surface area is 83.9 Å². The van der Waals surface area contributed by atoms with Crippen LogP contribution in [-0.2, 0) is 0 Å². The van der Waals surface area contributed by atoms with E-state index in [-0.39, 0.29) is 11.9 Å². The molecule has 0 spiro atoms. The fourth-order valence-electron chi connectivity index (χ4n) is 1.46. The van der Waals surface area contributed by atoms with E-state index in [0.717, 1.165) is 18.4 Å². The molecule has 0 saturated carbocycles. The second-order valence-corrected chi connectivity index (χ2v) is 3.28. The molecule has 0 saturated heterocycles. The van der Waals surface area contributed by atoms with Crippen molar-refractivity contribution < 1.29 is 9.13 Å². The highest BCUT2D eigenvalue weighted by atomic mass is 19.1. The lowest BCUT2D eigenvalue weighted by Gasteiger charge is -2.14. The summed E-state index contributed by atoms with van der Waals surface area (Å²) in [6.07, 6.45) is 1.88. The van der Waals surface area contributed by atoms with Gasteiger partial charge in [0.15, 0.2) is 0 Å². The fourth-order valence-corrected chi connectivity index (χ4v) is 1.46. The molecule has 3 heteroatoms. The lowest BCUT2D eigenvalue weighted by Crippen LogP contribution is -2.11. The van der Waals surface area contributed by atoms with Gasteiger partial charge in [-0.05, 0) is 12.5 Å². The average Bonchev–Trinajstić information content (AvgIpc) is 2.17. The topological polar surface area (TPSA) is 35.2 Å². The van der Waals surface area contributed by atoms with Crippen molar-refractivity contribution in [1.29, 1.82) is 0 Å². The first kappa shape index (κ1) is 11.0. The summed E-state index contributed by atoms with van der Waals surface area (Å²) in [6, 6.07) is 4.39. The van der Waals surface area contributed by atoms with Gasteiger partial charge in [0.25, 0.3) is 0 Å². The molecular weight excluding hydrogens is 181 g/mol. The minimum atomic E-state index is -0.297. The maximum Gasteiger partial charge on any atom is 0.126 e. The summed E-state index contributed by atoms with van der Waals surface area (Å²) in [5.41, 5.74) is 6.80. The highest BCUT2D eigenvalue weighted by molar-refractivity contribution is 5.36. The first-order valence-electron chi connectivity index (χ1n) is 4.78. The molecule has 0 aromatic heterocycles. The number of halogens is 1. The van der Waals surface area contributed by atoms with E-state index in [1.54, 1.807) is 6.07 Å². The van der Waals surface area contributed by atoms with Crippen molar-refractivity contribution >= 4 is 0 Å². The number of rotatable bonds is 4. The maximum atomic E-state index is 12.9. The second kappa shape index (κ2) is 4.96. The molecule has 0 fully saturated rings. The molecule has 0 radical (unpaired) electrons. The number of ether oxygens (including phenoxy) is 1. The zero-order chi connectivity index (χ0) is 10.6. The monoisotopic (exact) mass is 197 g/mol. The van der Waals surface area contributed by atoms with Crippen LogP contribution in [0.15, 0.2) is 18.2 Å². The second-order valence-electron chi connectivity index (χ2n) is 3.28. The number of nitrogens with two attached hydrogens (primary N) is 1. The third-order valence-corrected chi connectivity index (χ3v) is 2.19. The standard InChI is InChI=1S/C11H16FNO/c1-3-4-10(13)9-6-5-8(12)7-11(9)14-2/h5-7,10H,3-4,13H2,1-2H3/t10-/m0/s1. The van der Waals surface area contributed by atoms with Crippen LogP contribution in [0.2, 0.25) is 0 Å². The van der Waals surface area contributed by atoms with Crippen LogP contribution in [0.25, 0.3) is 0 Å². The molecule has 0 heterocycles. The Kier molecular flexibility index (Phi) is 3.89. The summed E-state index contributed by atoms with van der Waals surface area (Å²) in [5, 5.41) is 0. The van der Waals surface area contributed by atoms with Gasteiger partial charge in [-0.2, -0.15) is 0 Å². The number of hydrogen-bond donors (Lipinski definition) is 1. The fraction of sp³-hybridized carbons (Fsp3) is 0.455. The molecule has 1 aromatic carbocycles. The van der Waals surface area contributed by atoms with E-state index in [1.165, 1.54) is 19.2 Å². The Morgan fingerprint density at radius 1 is 1.50 bits per heavy atom. The molecular formula is C11H16FNO. The van der Waals surface area contributed by atoms with E-state index in [0.29, 0.717) is 5.75 Å². The maximum absolute atomic E-state index is 12.9. The molecule has 0 aliphatic rings. The molecule has 14 heavy (non-hydrogen) atoms. The van der Waals surface area contributed by atoms with Crippen molar-refractivity contribution in [3.63, 3.8) is 0 Å². The quantitative estimate of drug-likeness (QED) is 0.805. The minimum Gasteiger partial charge on any atom is -0.496 e. The smallest absolute Gasteiger partial charge is 0.126 e. The summed E-state index contributed by atoms with van der Waals surface area (Å²) in [4.78, 5) is 0. The molecule has 1 rings (SSSR count). The molecule has 0 bridgehead atoms. The SMILES string of the molecule is CCC[C@H](N)c1ccc(F)cc1OC. The van der Waals surface area contributed by atoms with Gasteiger partial charge >= 0.3 is 0 Å². The number of methoxy groups -OCH3 is 1. The Morgan fingerprint density at radius 2 is 2.21 bits per heavy atom. The highest BCUT2D eigenvalue weighted by Gasteiger charge is 2.11. The van der Waals surface area contributed by atoms with E-state index in [4.69, 9.17) is 10.5 Å². The van der Waals surface area contributed by atoms with Crippen LogP contribution in [0.3, 0.4) is 0 Å². The van der Waals surface area contributed by atoms with Crippen LogP contribution in [0, 0.1) is 5.82 Å². The summed E-state index contributed by atoms with van der Waals surface area (Å²) < 4.78 is 17.9. The summed E-state index contributed by atoms with van der Waals surface area (Å²) in [6.45, 7) is 2.07. The van der Waals surface area contributed by atoms with Crippen LogP contribution in [0.1, 0.15) is 31.4 Å². The van der Waals surface area contributed by atoms with Crippen molar-refractivity contribution in [3.8, 4) is 5.75 Å². The zero-order valence-corrected chi connectivity index (χ0v) is 8.59. The number of benzene rings is 1. The van der Waals surface area contributed by atoms with Gasteiger partial charge in [0.05, 0.1) is 7.11 Å². The first-order chi connectivity index (χ1) is 6.69. The van der Waals surface area contributed by atoms with Gasteiger partial charge in [-0.25, -0.2) is 4.39 Å². The van der Waals surface area contributed by atoms with Crippen LogP contribution >= 0.6 is 0 Å². The molecule has 2 N–H and O–H groups in total. The van der Waals surface area contributed by atoms with E-state index in [2.05, 4.69) is 6.92 Å². The van der Waals surface area contributed by atoms with Crippen molar-refractivity contribution in [2.75, 3.05) is 7.11 Å². The normalized spacial score (nSPS) is 12.6. The average molecular weight is 197 g/mol. The summed E-state index contributed by atoms with van der Waals surface area (Å²) in [5.74, 6) is 0.236. The van der Waals surface area contributed by atoms with E-state index in [9.17, 15) is 4.39 Å². The zero-order valence-electron chi connectivity index (χ0n) is 8.59. The lowest BCUT2D eigenvalue weighted by atomic mass is 10.0. The summed E-state index contributed by atoms with van der Waals surface area (Å²) >= 11 is 0. The van der Waals surface area contributed by atoms with Crippen molar-refractivity contribution in [2.45, 2.75) is 25.8 Å². The van der Waals surface area contributed by atoms with E-state index >= 15 is 0 Å². The number of hydrogen-bond acceptors (Lipinski definition) is 2. The minimum absolute atomic E-state index is 0.0736. The van der Waals surface area contributed by atoms with Gasteiger partial charge in [0, 0.05) is 17.7 Å². The molecule has 0 unspecified atom stereocenters. The van der Waals surface area contributed by atoms with Crippen LogP contribution in [0.5, 0.6) is 5.75 Å².